The molecule has 2 heterocycles. The van der Waals surface area contributed by atoms with Crippen molar-refractivity contribution < 1.29 is 13.2 Å². The van der Waals surface area contributed by atoms with Gasteiger partial charge in [-0.2, -0.15) is 18.3 Å². The smallest absolute Gasteiger partial charge is 0.329 e. The van der Waals surface area contributed by atoms with Crippen molar-refractivity contribution in [2.75, 3.05) is 0 Å². The van der Waals surface area contributed by atoms with Crippen LogP contribution < -0.4 is 5.56 Å². The molecule has 2 aromatic heterocycles. The van der Waals surface area contributed by atoms with Gasteiger partial charge in [-0.1, -0.05) is 13.8 Å². The SMILES string of the molecule is CC.Cc1cc(C(F)(F)F)nn1-c1cc[nH]c(=O)c1. The van der Waals surface area contributed by atoms with E-state index in [0.717, 1.165) is 10.7 Å². The van der Waals surface area contributed by atoms with Crippen LogP contribution in [0.15, 0.2) is 29.2 Å². The first-order valence-electron chi connectivity index (χ1n) is 5.71. The van der Waals surface area contributed by atoms with Crippen LogP contribution in [-0.4, -0.2) is 14.8 Å². The van der Waals surface area contributed by atoms with Gasteiger partial charge in [0.05, 0.1) is 5.69 Å². The molecule has 0 unspecified atom stereocenters. The number of alkyl halides is 3. The van der Waals surface area contributed by atoms with E-state index >= 15 is 0 Å². The summed E-state index contributed by atoms with van der Waals surface area (Å²) in [4.78, 5) is 13.4. The maximum atomic E-state index is 12.4. The Labute approximate surface area is 107 Å². The zero-order chi connectivity index (χ0) is 14.6. The Balaban J connectivity index is 0.000000861. The number of nitrogens with one attached hydrogen (secondary N) is 1. The van der Waals surface area contributed by atoms with Crippen LogP contribution in [-0.2, 0) is 6.18 Å². The summed E-state index contributed by atoms with van der Waals surface area (Å²) in [5.41, 5.74) is -0.772. The van der Waals surface area contributed by atoms with E-state index in [2.05, 4.69) is 10.1 Å². The second kappa shape index (κ2) is 5.73. The number of aromatic nitrogens is 3. The molecule has 0 atom stereocenters. The van der Waals surface area contributed by atoms with E-state index in [1.165, 1.54) is 25.3 Å². The number of halogens is 3. The number of aromatic amines is 1. The van der Waals surface area contributed by atoms with Gasteiger partial charge in [0.2, 0.25) is 5.56 Å². The van der Waals surface area contributed by atoms with E-state index in [4.69, 9.17) is 0 Å². The van der Waals surface area contributed by atoms with Gasteiger partial charge in [-0.3, -0.25) is 4.79 Å². The van der Waals surface area contributed by atoms with E-state index < -0.39 is 17.4 Å². The second-order valence-electron chi connectivity index (χ2n) is 3.49. The third-order valence-electron chi connectivity index (χ3n) is 2.18. The van der Waals surface area contributed by atoms with Gasteiger partial charge >= 0.3 is 6.18 Å². The Morgan fingerprint density at radius 2 is 1.89 bits per heavy atom. The lowest BCUT2D eigenvalue weighted by Crippen LogP contribution is -2.10. The summed E-state index contributed by atoms with van der Waals surface area (Å²) in [6.07, 6.45) is -3.14. The summed E-state index contributed by atoms with van der Waals surface area (Å²) in [7, 11) is 0. The summed E-state index contributed by atoms with van der Waals surface area (Å²) < 4.78 is 38.4. The number of hydrogen-bond acceptors (Lipinski definition) is 2. The number of hydrogen-bond donors (Lipinski definition) is 1. The fourth-order valence-corrected chi connectivity index (χ4v) is 1.44. The van der Waals surface area contributed by atoms with Gasteiger partial charge in [0, 0.05) is 18.0 Å². The van der Waals surface area contributed by atoms with Crippen molar-refractivity contribution in [3.8, 4) is 5.69 Å². The first-order chi connectivity index (χ1) is 8.88. The molecule has 4 nitrogen and oxygen atoms in total. The van der Waals surface area contributed by atoms with Crippen molar-refractivity contribution in [1.29, 1.82) is 0 Å². The molecule has 0 aliphatic rings. The zero-order valence-corrected chi connectivity index (χ0v) is 10.7. The Hall–Kier alpha value is -2.05. The van der Waals surface area contributed by atoms with E-state index in [0.29, 0.717) is 11.4 Å². The van der Waals surface area contributed by atoms with Crippen molar-refractivity contribution in [3.63, 3.8) is 0 Å². The Morgan fingerprint density at radius 3 is 2.37 bits per heavy atom. The summed E-state index contributed by atoms with van der Waals surface area (Å²) in [6.45, 7) is 5.49. The molecule has 2 rings (SSSR count). The van der Waals surface area contributed by atoms with Gasteiger partial charge in [-0.15, -0.1) is 0 Å². The van der Waals surface area contributed by atoms with Crippen LogP contribution in [0, 0.1) is 6.92 Å². The lowest BCUT2D eigenvalue weighted by atomic mass is 10.3. The van der Waals surface area contributed by atoms with Crippen molar-refractivity contribution in [3.05, 3.63) is 46.1 Å². The van der Waals surface area contributed by atoms with Crippen LogP contribution in [0.25, 0.3) is 5.69 Å². The third kappa shape index (κ3) is 3.46. The molecule has 0 fully saturated rings. The number of rotatable bonds is 1. The van der Waals surface area contributed by atoms with Gasteiger partial charge in [0.1, 0.15) is 0 Å². The van der Waals surface area contributed by atoms with Crippen LogP contribution in [0.3, 0.4) is 0 Å². The van der Waals surface area contributed by atoms with Gasteiger partial charge in [-0.05, 0) is 19.1 Å². The van der Waals surface area contributed by atoms with Crippen LogP contribution >= 0.6 is 0 Å². The van der Waals surface area contributed by atoms with E-state index in [-0.39, 0.29) is 0 Å². The summed E-state index contributed by atoms with van der Waals surface area (Å²) >= 11 is 0. The van der Waals surface area contributed by atoms with Crippen LogP contribution in [0.4, 0.5) is 13.2 Å². The van der Waals surface area contributed by atoms with Gasteiger partial charge < -0.3 is 4.98 Å². The summed E-state index contributed by atoms with van der Waals surface area (Å²) in [6, 6.07) is 3.59. The molecule has 0 aliphatic heterocycles. The minimum atomic E-state index is -4.49. The molecule has 1 N–H and O–H groups in total. The summed E-state index contributed by atoms with van der Waals surface area (Å²) in [5.74, 6) is 0. The topological polar surface area (TPSA) is 50.7 Å². The molecule has 0 saturated heterocycles. The number of aryl methyl sites for hydroxylation is 1. The number of pyridine rings is 1. The Bertz CT molecular complexity index is 599. The largest absolute Gasteiger partial charge is 0.435 e. The average Bonchev–Trinajstić information content (AvgIpc) is 2.74. The first kappa shape index (κ1) is 15.0. The van der Waals surface area contributed by atoms with Crippen LogP contribution in [0.1, 0.15) is 25.2 Å². The highest BCUT2D eigenvalue weighted by Gasteiger charge is 2.34. The fourth-order valence-electron chi connectivity index (χ4n) is 1.44. The molecule has 0 aromatic carbocycles. The van der Waals surface area contributed by atoms with Gasteiger partial charge in [0.15, 0.2) is 5.69 Å². The maximum absolute atomic E-state index is 12.4. The standard InChI is InChI=1S/C10H8F3N3O.C2H6/c1-6-4-8(10(11,12)13)15-16(6)7-2-3-14-9(17)5-7;1-2/h2-5H,1H3,(H,14,17);1-2H3. The van der Waals surface area contributed by atoms with Gasteiger partial charge in [-0.25, -0.2) is 4.68 Å². The molecular formula is C12H14F3N3O. The normalized spacial score (nSPS) is 10.8. The van der Waals surface area contributed by atoms with Crippen LogP contribution in [0.2, 0.25) is 0 Å². The Kier molecular flexibility index (Phi) is 4.52. The third-order valence-corrected chi connectivity index (χ3v) is 2.18. The summed E-state index contributed by atoms with van der Waals surface area (Å²) in [5, 5.41) is 3.43. The lowest BCUT2D eigenvalue weighted by molar-refractivity contribution is -0.141. The lowest BCUT2D eigenvalue weighted by Gasteiger charge is -2.03. The number of H-pyrrole nitrogens is 1. The van der Waals surface area contributed by atoms with Crippen molar-refractivity contribution in [2.45, 2.75) is 26.9 Å². The van der Waals surface area contributed by atoms with Crippen molar-refractivity contribution in [1.82, 2.24) is 14.8 Å². The highest BCUT2D eigenvalue weighted by atomic mass is 19.4. The highest BCUT2D eigenvalue weighted by Crippen LogP contribution is 2.29. The zero-order valence-electron chi connectivity index (χ0n) is 10.7. The van der Waals surface area contributed by atoms with Crippen molar-refractivity contribution in [2.24, 2.45) is 0 Å². The van der Waals surface area contributed by atoms with E-state index in [1.807, 2.05) is 13.8 Å². The molecule has 7 heteroatoms. The molecule has 19 heavy (non-hydrogen) atoms. The molecule has 2 aromatic rings. The van der Waals surface area contributed by atoms with E-state index in [9.17, 15) is 18.0 Å². The number of nitrogens with zero attached hydrogens (tertiary/aromatic N) is 2. The predicted molar refractivity (Wildman–Crippen MR) is 65.3 cm³/mol. The molecule has 0 amide bonds. The quantitative estimate of drug-likeness (QED) is 0.868. The minimum Gasteiger partial charge on any atom is -0.329 e. The molecule has 0 bridgehead atoms. The minimum absolute atomic E-state index is 0.293. The average molecular weight is 273 g/mol. The molecule has 0 aliphatic carbocycles. The van der Waals surface area contributed by atoms with Crippen LogP contribution in [0.5, 0.6) is 0 Å². The fraction of sp³-hybridized carbons (Fsp3) is 0.333. The monoisotopic (exact) mass is 273 g/mol. The predicted octanol–water partition coefficient (Wildman–Crippen LogP) is 2.91. The first-order valence-corrected chi connectivity index (χ1v) is 5.71. The highest BCUT2D eigenvalue weighted by molar-refractivity contribution is 5.31. The maximum Gasteiger partial charge on any atom is 0.435 e. The van der Waals surface area contributed by atoms with E-state index in [1.54, 1.807) is 0 Å². The molecule has 0 spiro atoms. The van der Waals surface area contributed by atoms with Gasteiger partial charge in [0.25, 0.3) is 0 Å². The van der Waals surface area contributed by atoms with Crippen molar-refractivity contribution >= 4 is 0 Å². The molecule has 0 saturated carbocycles. The molecular weight excluding hydrogens is 259 g/mol. The molecule has 104 valence electrons. The molecule has 0 radical (unpaired) electrons. The second-order valence-corrected chi connectivity index (χ2v) is 3.49. The Morgan fingerprint density at radius 1 is 1.26 bits per heavy atom.